The summed E-state index contributed by atoms with van der Waals surface area (Å²) in [5, 5.41) is 10.8. The van der Waals surface area contributed by atoms with Gasteiger partial charge in [0, 0.05) is 53.5 Å². The zero-order chi connectivity index (χ0) is 21.2. The number of hydrogen-bond donors (Lipinski definition) is 1. The predicted octanol–water partition coefficient (Wildman–Crippen LogP) is 4.77. The van der Waals surface area contributed by atoms with Crippen molar-refractivity contribution in [2.75, 3.05) is 0 Å². The number of hydrogen-bond acceptors (Lipinski definition) is 4. The molecular weight excluding hydrogens is 384 g/mol. The van der Waals surface area contributed by atoms with Gasteiger partial charge in [-0.3, -0.25) is 4.57 Å². The van der Waals surface area contributed by atoms with Gasteiger partial charge in [0.15, 0.2) is 0 Å². The Labute approximate surface area is 181 Å². The quantitative estimate of drug-likeness (QED) is 0.440. The molecule has 1 atom stereocenters. The summed E-state index contributed by atoms with van der Waals surface area (Å²) in [4.78, 5) is 8.71. The third-order valence-corrected chi connectivity index (χ3v) is 5.70. The van der Waals surface area contributed by atoms with Crippen molar-refractivity contribution in [1.82, 2.24) is 29.6 Å². The summed E-state index contributed by atoms with van der Waals surface area (Å²) in [6.45, 7) is 5.00. The van der Waals surface area contributed by atoms with Gasteiger partial charge in [0.2, 0.25) is 5.95 Å². The predicted molar refractivity (Wildman–Crippen MR) is 122 cm³/mol. The first-order valence-electron chi connectivity index (χ1n) is 10.4. The van der Waals surface area contributed by atoms with E-state index in [4.69, 9.17) is 5.10 Å². The Hall–Kier alpha value is -3.77. The second-order valence-electron chi connectivity index (χ2n) is 7.62. The normalized spacial score (nSPS) is 12.3. The fraction of sp³-hybridized carbons (Fsp3) is 0.160. The summed E-state index contributed by atoms with van der Waals surface area (Å²) in [5.41, 5.74) is 4.53. The highest BCUT2D eigenvalue weighted by Crippen LogP contribution is 2.26. The summed E-state index contributed by atoms with van der Waals surface area (Å²) in [6.07, 6.45) is 7.47. The van der Waals surface area contributed by atoms with E-state index in [1.54, 1.807) is 12.4 Å². The third kappa shape index (κ3) is 3.62. The molecule has 0 bridgehead atoms. The van der Waals surface area contributed by atoms with Crippen molar-refractivity contribution >= 4 is 10.8 Å². The second kappa shape index (κ2) is 8.16. The molecule has 3 heterocycles. The van der Waals surface area contributed by atoms with E-state index in [2.05, 4.69) is 77.7 Å². The molecule has 0 amide bonds. The van der Waals surface area contributed by atoms with E-state index >= 15 is 0 Å². The fourth-order valence-corrected chi connectivity index (χ4v) is 4.02. The van der Waals surface area contributed by atoms with Gasteiger partial charge in [-0.25, -0.2) is 14.6 Å². The Kier molecular flexibility index (Phi) is 5.06. The molecule has 0 aliphatic heterocycles. The van der Waals surface area contributed by atoms with Crippen LogP contribution in [0.25, 0.3) is 22.4 Å². The van der Waals surface area contributed by atoms with E-state index in [1.807, 2.05) is 33.8 Å². The molecule has 5 aromatic rings. The maximum Gasteiger partial charge on any atom is 0.233 e. The summed E-state index contributed by atoms with van der Waals surface area (Å²) in [7, 11) is 0. The lowest BCUT2D eigenvalue weighted by atomic mass is 10.1. The van der Waals surface area contributed by atoms with Crippen LogP contribution >= 0.6 is 0 Å². The lowest BCUT2D eigenvalue weighted by Crippen LogP contribution is -2.20. The van der Waals surface area contributed by atoms with E-state index in [9.17, 15) is 0 Å². The van der Waals surface area contributed by atoms with Crippen LogP contribution < -0.4 is 5.32 Å². The van der Waals surface area contributed by atoms with Crippen LogP contribution in [-0.2, 0) is 6.54 Å². The molecule has 2 aromatic carbocycles. The molecule has 0 fully saturated rings. The summed E-state index contributed by atoms with van der Waals surface area (Å²) in [6, 6.07) is 20.8. The van der Waals surface area contributed by atoms with Gasteiger partial charge >= 0.3 is 0 Å². The van der Waals surface area contributed by atoms with Crippen LogP contribution in [0.2, 0.25) is 0 Å². The molecule has 1 unspecified atom stereocenters. The lowest BCUT2D eigenvalue weighted by molar-refractivity contribution is 0.559. The largest absolute Gasteiger partial charge is 0.305 e. The molecule has 0 aliphatic rings. The van der Waals surface area contributed by atoms with Crippen molar-refractivity contribution in [3.8, 4) is 11.6 Å². The van der Waals surface area contributed by atoms with Gasteiger partial charge in [-0.05, 0) is 43.5 Å². The molecule has 0 radical (unpaired) electrons. The zero-order valence-corrected chi connectivity index (χ0v) is 17.6. The molecule has 1 N–H and O–H groups in total. The number of fused-ring (bicyclic) bond motifs is 1. The van der Waals surface area contributed by atoms with Gasteiger partial charge in [-0.15, -0.1) is 0 Å². The topological polar surface area (TPSA) is 60.6 Å². The van der Waals surface area contributed by atoms with E-state index in [1.165, 1.54) is 16.3 Å². The van der Waals surface area contributed by atoms with Gasteiger partial charge in [-0.1, -0.05) is 36.4 Å². The summed E-state index contributed by atoms with van der Waals surface area (Å²) >= 11 is 0. The smallest absolute Gasteiger partial charge is 0.233 e. The minimum Gasteiger partial charge on any atom is -0.305 e. The molecule has 31 heavy (non-hydrogen) atoms. The van der Waals surface area contributed by atoms with E-state index in [-0.39, 0.29) is 6.04 Å². The van der Waals surface area contributed by atoms with Crippen molar-refractivity contribution in [2.45, 2.75) is 26.4 Å². The molecule has 3 aromatic heterocycles. The highest BCUT2D eigenvalue weighted by atomic mass is 15.3. The highest BCUT2D eigenvalue weighted by Gasteiger charge is 2.16. The minimum atomic E-state index is 0.142. The first kappa shape index (κ1) is 19.2. The Bertz CT molecular complexity index is 1310. The van der Waals surface area contributed by atoms with Crippen molar-refractivity contribution in [3.05, 3.63) is 102 Å². The fourth-order valence-electron chi connectivity index (χ4n) is 4.02. The second-order valence-corrected chi connectivity index (χ2v) is 7.62. The number of nitrogens with zero attached hydrogens (tertiary/aromatic N) is 5. The minimum absolute atomic E-state index is 0.142. The standard InChI is InChI=1S/C25H24N6/c1-18(28-16-21-10-6-15-30(21)25-26-13-7-14-27-25)23-17-29-31(19(23)2)24-12-5-9-20-8-3-4-11-22(20)24/h3-15,17-18,28H,16H2,1-2H3. The SMILES string of the molecule is Cc1c(C(C)NCc2cccn2-c2ncccn2)cnn1-c1cccc2ccccc12. The summed E-state index contributed by atoms with van der Waals surface area (Å²) < 4.78 is 4.04. The molecule has 6 nitrogen and oxygen atoms in total. The number of benzene rings is 2. The van der Waals surface area contributed by atoms with Crippen molar-refractivity contribution < 1.29 is 0 Å². The Morgan fingerprint density at radius 3 is 2.61 bits per heavy atom. The van der Waals surface area contributed by atoms with Crippen LogP contribution in [0.5, 0.6) is 0 Å². The Morgan fingerprint density at radius 2 is 1.74 bits per heavy atom. The summed E-state index contributed by atoms with van der Waals surface area (Å²) in [5.74, 6) is 0.678. The number of nitrogens with one attached hydrogen (secondary N) is 1. The molecule has 5 rings (SSSR count). The van der Waals surface area contributed by atoms with E-state index in [0.29, 0.717) is 12.5 Å². The van der Waals surface area contributed by atoms with Gasteiger partial charge in [0.25, 0.3) is 0 Å². The first-order chi connectivity index (χ1) is 15.2. The van der Waals surface area contributed by atoms with E-state index < -0.39 is 0 Å². The van der Waals surface area contributed by atoms with Crippen molar-refractivity contribution in [2.24, 2.45) is 0 Å². The molecule has 0 aliphatic carbocycles. The van der Waals surface area contributed by atoms with Crippen LogP contribution in [0.3, 0.4) is 0 Å². The highest BCUT2D eigenvalue weighted by molar-refractivity contribution is 5.90. The van der Waals surface area contributed by atoms with Crippen molar-refractivity contribution in [1.29, 1.82) is 0 Å². The van der Waals surface area contributed by atoms with Crippen LogP contribution in [0.15, 0.2) is 85.5 Å². The van der Waals surface area contributed by atoms with E-state index in [0.717, 1.165) is 17.1 Å². The Balaban J connectivity index is 1.38. The lowest BCUT2D eigenvalue weighted by Gasteiger charge is -2.15. The average Bonchev–Trinajstić information content (AvgIpc) is 3.44. The van der Waals surface area contributed by atoms with Gasteiger partial charge in [-0.2, -0.15) is 5.10 Å². The van der Waals surface area contributed by atoms with Crippen LogP contribution in [0.4, 0.5) is 0 Å². The molecular formula is C25H24N6. The first-order valence-corrected chi connectivity index (χ1v) is 10.4. The molecule has 0 saturated heterocycles. The van der Waals surface area contributed by atoms with Crippen LogP contribution in [0.1, 0.15) is 29.9 Å². The van der Waals surface area contributed by atoms with Gasteiger partial charge in [0.05, 0.1) is 11.9 Å². The van der Waals surface area contributed by atoms with Crippen LogP contribution in [0, 0.1) is 6.92 Å². The molecule has 0 spiro atoms. The van der Waals surface area contributed by atoms with Gasteiger partial charge < -0.3 is 5.32 Å². The van der Waals surface area contributed by atoms with Crippen LogP contribution in [-0.4, -0.2) is 24.3 Å². The third-order valence-electron chi connectivity index (χ3n) is 5.70. The maximum absolute atomic E-state index is 4.72. The average molecular weight is 409 g/mol. The zero-order valence-electron chi connectivity index (χ0n) is 17.6. The van der Waals surface area contributed by atoms with Crippen molar-refractivity contribution in [3.63, 3.8) is 0 Å². The molecule has 154 valence electrons. The maximum atomic E-state index is 4.72. The number of rotatable bonds is 6. The monoisotopic (exact) mass is 408 g/mol. The molecule has 0 saturated carbocycles. The Morgan fingerprint density at radius 1 is 0.935 bits per heavy atom. The number of aromatic nitrogens is 5. The molecule has 6 heteroatoms. The van der Waals surface area contributed by atoms with Gasteiger partial charge in [0.1, 0.15) is 0 Å².